The smallest absolute Gasteiger partial charge is 0.277 e. The van der Waals surface area contributed by atoms with Crippen LogP contribution in [0.25, 0.3) is 0 Å². The molecule has 3 N–H and O–H groups in total. The van der Waals surface area contributed by atoms with E-state index in [4.69, 9.17) is 10.8 Å². The molecule has 2 rings (SSSR count). The second-order valence-corrected chi connectivity index (χ2v) is 7.91. The van der Waals surface area contributed by atoms with Crippen LogP contribution in [0.3, 0.4) is 0 Å². The second kappa shape index (κ2) is 6.42. The highest BCUT2D eigenvalue weighted by Gasteiger charge is 2.28. The fourth-order valence-corrected chi connectivity index (χ4v) is 3.93. The van der Waals surface area contributed by atoms with E-state index in [1.807, 2.05) is 0 Å². The number of aromatic nitrogens is 1. The standard InChI is InChI=1S/C15H26N4OS/c1-10-7-5-6-8-19(10)9-11-17-13(15(2,3)4)12(21-11)14(20)18-16/h10H,5-9,16H2,1-4H3,(H,18,20). The molecule has 0 radical (unpaired) electrons. The van der Waals surface area contributed by atoms with E-state index in [-0.39, 0.29) is 11.3 Å². The zero-order chi connectivity index (χ0) is 15.6. The molecule has 0 saturated carbocycles. The average molecular weight is 310 g/mol. The SMILES string of the molecule is CC1CCCCN1Cc1nc(C(C)(C)C)c(C(=O)NN)s1. The number of nitrogen functional groups attached to an aromatic ring is 1. The van der Waals surface area contributed by atoms with Gasteiger partial charge in [0.05, 0.1) is 12.2 Å². The van der Waals surface area contributed by atoms with E-state index in [0.29, 0.717) is 10.9 Å². The van der Waals surface area contributed by atoms with E-state index in [0.717, 1.165) is 23.8 Å². The largest absolute Gasteiger partial charge is 0.294 e. The molecular formula is C15H26N4OS. The number of piperidine rings is 1. The first-order chi connectivity index (χ1) is 9.82. The minimum absolute atomic E-state index is 0.163. The molecule has 1 amide bonds. The number of nitrogens with one attached hydrogen (secondary N) is 1. The summed E-state index contributed by atoms with van der Waals surface area (Å²) < 4.78 is 0. The Bertz CT molecular complexity index is 506. The lowest BCUT2D eigenvalue weighted by atomic mass is 9.91. The summed E-state index contributed by atoms with van der Waals surface area (Å²) in [5, 5.41) is 1.01. The van der Waals surface area contributed by atoms with E-state index >= 15 is 0 Å². The van der Waals surface area contributed by atoms with E-state index in [9.17, 15) is 4.79 Å². The van der Waals surface area contributed by atoms with Crippen LogP contribution in [0.2, 0.25) is 0 Å². The zero-order valence-corrected chi connectivity index (χ0v) is 14.2. The Kier molecular flexibility index (Phi) is 5.01. The highest BCUT2D eigenvalue weighted by Crippen LogP contribution is 2.31. The number of hydrogen-bond acceptors (Lipinski definition) is 5. The van der Waals surface area contributed by atoms with Crippen LogP contribution in [0.1, 0.15) is 67.3 Å². The summed E-state index contributed by atoms with van der Waals surface area (Å²) in [5.41, 5.74) is 2.92. The second-order valence-electron chi connectivity index (χ2n) is 6.82. The molecule has 21 heavy (non-hydrogen) atoms. The van der Waals surface area contributed by atoms with Gasteiger partial charge >= 0.3 is 0 Å². The van der Waals surface area contributed by atoms with Gasteiger partial charge in [0.2, 0.25) is 0 Å². The average Bonchev–Trinajstić information content (AvgIpc) is 2.84. The van der Waals surface area contributed by atoms with E-state index in [1.165, 1.54) is 30.6 Å². The van der Waals surface area contributed by atoms with Crippen molar-refractivity contribution < 1.29 is 4.79 Å². The van der Waals surface area contributed by atoms with Crippen molar-refractivity contribution in [3.05, 3.63) is 15.6 Å². The Balaban J connectivity index is 2.24. The molecule has 0 aliphatic carbocycles. The summed E-state index contributed by atoms with van der Waals surface area (Å²) >= 11 is 1.47. The molecule has 1 unspecified atom stereocenters. The molecule has 0 spiro atoms. The molecule has 1 saturated heterocycles. The lowest BCUT2D eigenvalue weighted by Gasteiger charge is -2.32. The monoisotopic (exact) mass is 310 g/mol. The van der Waals surface area contributed by atoms with Gasteiger partial charge in [-0.05, 0) is 26.3 Å². The molecule has 1 fully saturated rings. The topological polar surface area (TPSA) is 71.2 Å². The van der Waals surface area contributed by atoms with Crippen molar-refractivity contribution in [1.82, 2.24) is 15.3 Å². The molecule has 5 nitrogen and oxygen atoms in total. The van der Waals surface area contributed by atoms with Crippen LogP contribution in [0.5, 0.6) is 0 Å². The minimum Gasteiger partial charge on any atom is -0.294 e. The number of amides is 1. The molecule has 1 aliphatic heterocycles. The van der Waals surface area contributed by atoms with Crippen LogP contribution in [0.4, 0.5) is 0 Å². The molecule has 6 heteroatoms. The van der Waals surface area contributed by atoms with Crippen LogP contribution >= 0.6 is 11.3 Å². The van der Waals surface area contributed by atoms with Gasteiger partial charge in [0, 0.05) is 11.5 Å². The number of nitrogens with zero attached hydrogens (tertiary/aromatic N) is 2. The number of carbonyl (C=O) groups excluding carboxylic acids is 1. The highest BCUT2D eigenvalue weighted by atomic mass is 32.1. The molecule has 118 valence electrons. The Morgan fingerprint density at radius 1 is 1.48 bits per heavy atom. The third kappa shape index (κ3) is 3.81. The van der Waals surface area contributed by atoms with Gasteiger partial charge in [-0.25, -0.2) is 10.8 Å². The first-order valence-electron chi connectivity index (χ1n) is 7.58. The molecule has 1 aromatic heterocycles. The van der Waals surface area contributed by atoms with Gasteiger partial charge in [-0.3, -0.25) is 15.1 Å². The lowest BCUT2D eigenvalue weighted by molar-refractivity contribution is 0.0955. The molecule has 1 atom stereocenters. The van der Waals surface area contributed by atoms with Crippen LogP contribution in [0.15, 0.2) is 0 Å². The predicted octanol–water partition coefficient (Wildman–Crippen LogP) is 2.42. The van der Waals surface area contributed by atoms with Crippen molar-refractivity contribution in [2.45, 2.75) is 65.0 Å². The third-order valence-corrected chi connectivity index (χ3v) is 5.04. The maximum Gasteiger partial charge on any atom is 0.277 e. The summed E-state index contributed by atoms with van der Waals surface area (Å²) in [6.07, 6.45) is 3.80. The number of nitrogens with two attached hydrogens (primary N) is 1. The molecule has 1 aromatic rings. The summed E-state index contributed by atoms with van der Waals surface area (Å²) in [4.78, 5) is 19.8. The molecular weight excluding hydrogens is 284 g/mol. The van der Waals surface area contributed by atoms with Crippen LogP contribution in [-0.2, 0) is 12.0 Å². The maximum atomic E-state index is 12.0. The van der Waals surface area contributed by atoms with Crippen molar-refractivity contribution in [1.29, 1.82) is 0 Å². The Labute approximate surface area is 130 Å². The normalized spacial score (nSPS) is 20.5. The molecule has 1 aliphatic rings. The summed E-state index contributed by atoms with van der Waals surface area (Å²) in [7, 11) is 0. The van der Waals surface area contributed by atoms with Crippen molar-refractivity contribution in [2.75, 3.05) is 6.54 Å². The lowest BCUT2D eigenvalue weighted by Crippen LogP contribution is -2.36. The summed E-state index contributed by atoms with van der Waals surface area (Å²) in [6.45, 7) is 10.4. The third-order valence-electron chi connectivity index (χ3n) is 4.00. The summed E-state index contributed by atoms with van der Waals surface area (Å²) in [5.74, 6) is 5.06. The van der Waals surface area contributed by atoms with Crippen molar-refractivity contribution in [3.8, 4) is 0 Å². The first-order valence-corrected chi connectivity index (χ1v) is 8.39. The van der Waals surface area contributed by atoms with Gasteiger partial charge in [0.15, 0.2) is 0 Å². The first kappa shape index (κ1) is 16.4. The van der Waals surface area contributed by atoms with Crippen molar-refractivity contribution in [2.24, 2.45) is 5.84 Å². The molecule has 2 heterocycles. The number of hydrazine groups is 1. The fourth-order valence-electron chi connectivity index (χ4n) is 2.73. The van der Waals surface area contributed by atoms with Crippen LogP contribution < -0.4 is 11.3 Å². The van der Waals surface area contributed by atoms with Crippen LogP contribution in [-0.4, -0.2) is 28.4 Å². The molecule has 0 bridgehead atoms. The minimum atomic E-state index is -0.240. The summed E-state index contributed by atoms with van der Waals surface area (Å²) in [6, 6.07) is 0.590. The van der Waals surface area contributed by atoms with Crippen molar-refractivity contribution in [3.63, 3.8) is 0 Å². The van der Waals surface area contributed by atoms with Crippen molar-refractivity contribution >= 4 is 17.2 Å². The molecule has 0 aromatic carbocycles. The Morgan fingerprint density at radius 3 is 2.76 bits per heavy atom. The van der Waals surface area contributed by atoms with Gasteiger partial charge in [-0.2, -0.15) is 0 Å². The number of likely N-dealkylation sites (tertiary alicyclic amines) is 1. The van der Waals surface area contributed by atoms with Crippen LogP contribution in [0, 0.1) is 0 Å². The maximum absolute atomic E-state index is 12.0. The Morgan fingerprint density at radius 2 is 2.19 bits per heavy atom. The van der Waals surface area contributed by atoms with Gasteiger partial charge in [0.25, 0.3) is 5.91 Å². The zero-order valence-electron chi connectivity index (χ0n) is 13.4. The number of hydrogen-bond donors (Lipinski definition) is 2. The number of rotatable bonds is 3. The van der Waals surface area contributed by atoms with E-state index < -0.39 is 0 Å². The van der Waals surface area contributed by atoms with Gasteiger partial charge in [-0.15, -0.1) is 11.3 Å². The van der Waals surface area contributed by atoms with Gasteiger partial charge < -0.3 is 0 Å². The Hall–Kier alpha value is -0.980. The van der Waals surface area contributed by atoms with Gasteiger partial charge in [-0.1, -0.05) is 27.2 Å². The predicted molar refractivity (Wildman–Crippen MR) is 86.2 cm³/mol. The number of carbonyl (C=O) groups is 1. The number of thiazole rings is 1. The van der Waals surface area contributed by atoms with E-state index in [2.05, 4.69) is 38.0 Å². The van der Waals surface area contributed by atoms with Gasteiger partial charge in [0.1, 0.15) is 9.88 Å². The highest BCUT2D eigenvalue weighted by molar-refractivity contribution is 7.13. The fraction of sp³-hybridized carbons (Fsp3) is 0.733. The quantitative estimate of drug-likeness (QED) is 0.511. The van der Waals surface area contributed by atoms with E-state index in [1.54, 1.807) is 0 Å².